The highest BCUT2D eigenvalue weighted by atomic mass is 35.5. The van der Waals surface area contributed by atoms with Gasteiger partial charge in [0.05, 0.1) is 6.61 Å². The number of anilines is 1. The first-order valence-electron chi connectivity index (χ1n) is 4.48. The van der Waals surface area contributed by atoms with Crippen LogP contribution in [0.1, 0.15) is 6.92 Å². The highest BCUT2D eigenvalue weighted by Crippen LogP contribution is 2.09. The summed E-state index contributed by atoms with van der Waals surface area (Å²) >= 11 is 5.62. The van der Waals surface area contributed by atoms with Gasteiger partial charge in [-0.05, 0) is 24.6 Å². The molecule has 5 nitrogen and oxygen atoms in total. The van der Waals surface area contributed by atoms with Crippen LogP contribution < -0.4 is 4.90 Å². The summed E-state index contributed by atoms with van der Waals surface area (Å²) in [4.78, 5) is 20.5. The van der Waals surface area contributed by atoms with E-state index in [0.717, 1.165) is 0 Å². The molecule has 0 bridgehead atoms. The average Bonchev–Trinajstić information content (AvgIpc) is 2.18. The van der Waals surface area contributed by atoms with Gasteiger partial charge in [0.15, 0.2) is 0 Å². The number of aromatic nitrogens is 2. The van der Waals surface area contributed by atoms with E-state index in [9.17, 15) is 4.79 Å². The fourth-order valence-electron chi connectivity index (χ4n) is 1.02. The molecule has 0 fully saturated rings. The lowest BCUT2D eigenvalue weighted by Gasteiger charge is -2.16. The van der Waals surface area contributed by atoms with Crippen LogP contribution in [0.15, 0.2) is 12.3 Å². The third-order valence-corrected chi connectivity index (χ3v) is 1.86. The van der Waals surface area contributed by atoms with Crippen molar-refractivity contribution in [2.75, 3.05) is 25.1 Å². The molecule has 0 unspecified atom stereocenters. The van der Waals surface area contributed by atoms with Gasteiger partial charge >= 0.3 is 5.97 Å². The van der Waals surface area contributed by atoms with Crippen LogP contribution in [0.25, 0.3) is 0 Å². The predicted molar refractivity (Wildman–Crippen MR) is 56.9 cm³/mol. The average molecular weight is 230 g/mol. The van der Waals surface area contributed by atoms with E-state index in [1.807, 2.05) is 0 Å². The molecule has 0 saturated carbocycles. The van der Waals surface area contributed by atoms with E-state index in [1.165, 1.54) is 6.20 Å². The first-order valence-corrected chi connectivity index (χ1v) is 4.86. The Kier molecular flexibility index (Phi) is 4.30. The van der Waals surface area contributed by atoms with Crippen LogP contribution in [0.5, 0.6) is 0 Å². The number of hydrogen-bond donors (Lipinski definition) is 0. The molecule has 1 aromatic rings. The lowest BCUT2D eigenvalue weighted by Crippen LogP contribution is -2.27. The molecule has 0 aliphatic carbocycles. The number of esters is 1. The topological polar surface area (TPSA) is 55.3 Å². The Balaban J connectivity index is 2.60. The van der Waals surface area contributed by atoms with E-state index in [1.54, 1.807) is 24.9 Å². The van der Waals surface area contributed by atoms with Gasteiger partial charge in [0.25, 0.3) is 0 Å². The summed E-state index contributed by atoms with van der Waals surface area (Å²) in [6.45, 7) is 2.28. The first kappa shape index (κ1) is 11.7. The zero-order valence-electron chi connectivity index (χ0n) is 8.61. The molecule has 1 rings (SSSR count). The molecular weight excluding hydrogens is 218 g/mol. The van der Waals surface area contributed by atoms with E-state index >= 15 is 0 Å². The van der Waals surface area contributed by atoms with E-state index in [-0.39, 0.29) is 17.8 Å². The highest BCUT2D eigenvalue weighted by Gasteiger charge is 2.09. The summed E-state index contributed by atoms with van der Waals surface area (Å²) in [7, 11) is 1.73. The summed E-state index contributed by atoms with van der Waals surface area (Å²) in [5, 5.41) is 0.156. The predicted octanol–water partition coefficient (Wildman–Crippen LogP) is 1.13. The number of ether oxygens (including phenoxy) is 1. The molecule has 0 amide bonds. The lowest BCUT2D eigenvalue weighted by atomic mass is 10.5. The number of carbonyl (C=O) groups is 1. The van der Waals surface area contributed by atoms with Crippen molar-refractivity contribution in [1.82, 2.24) is 9.97 Å². The largest absolute Gasteiger partial charge is 0.465 e. The van der Waals surface area contributed by atoms with Crippen LogP contribution in [-0.4, -0.2) is 36.1 Å². The zero-order valence-corrected chi connectivity index (χ0v) is 9.36. The van der Waals surface area contributed by atoms with Crippen molar-refractivity contribution in [2.45, 2.75) is 6.92 Å². The molecule has 0 aromatic carbocycles. The van der Waals surface area contributed by atoms with Gasteiger partial charge in [0.1, 0.15) is 12.4 Å². The Morgan fingerprint density at radius 3 is 3.00 bits per heavy atom. The minimum absolute atomic E-state index is 0.140. The summed E-state index contributed by atoms with van der Waals surface area (Å²) in [5.74, 6) is 0.290. The molecule has 0 aliphatic rings. The molecule has 0 aliphatic heterocycles. The van der Waals surface area contributed by atoms with Gasteiger partial charge in [-0.3, -0.25) is 4.79 Å². The van der Waals surface area contributed by atoms with Gasteiger partial charge < -0.3 is 9.64 Å². The maximum Gasteiger partial charge on any atom is 0.325 e. The normalized spacial score (nSPS) is 9.80. The van der Waals surface area contributed by atoms with Crippen LogP contribution in [0.3, 0.4) is 0 Å². The van der Waals surface area contributed by atoms with Crippen molar-refractivity contribution < 1.29 is 9.53 Å². The molecular formula is C9H12ClN3O2. The maximum atomic E-state index is 11.2. The van der Waals surface area contributed by atoms with Gasteiger partial charge in [-0.25, -0.2) is 9.97 Å². The molecule has 82 valence electrons. The van der Waals surface area contributed by atoms with Crippen molar-refractivity contribution in [3.63, 3.8) is 0 Å². The molecule has 1 heterocycles. The fraction of sp³-hybridized carbons (Fsp3) is 0.444. The van der Waals surface area contributed by atoms with Crippen LogP contribution in [0.2, 0.25) is 5.28 Å². The Hall–Kier alpha value is -1.36. The number of carbonyl (C=O) groups excluding carboxylic acids is 1. The fourth-order valence-corrected chi connectivity index (χ4v) is 1.16. The van der Waals surface area contributed by atoms with Crippen LogP contribution in [0, 0.1) is 0 Å². The van der Waals surface area contributed by atoms with E-state index in [2.05, 4.69) is 9.97 Å². The van der Waals surface area contributed by atoms with Gasteiger partial charge in [-0.1, -0.05) is 0 Å². The Morgan fingerprint density at radius 2 is 2.40 bits per heavy atom. The quantitative estimate of drug-likeness (QED) is 0.572. The number of halogens is 1. The third kappa shape index (κ3) is 3.71. The second-order valence-electron chi connectivity index (χ2n) is 2.84. The van der Waals surface area contributed by atoms with Crippen LogP contribution in [0.4, 0.5) is 5.82 Å². The molecule has 0 atom stereocenters. The Bertz CT molecular complexity index is 346. The van der Waals surface area contributed by atoms with Gasteiger partial charge in [0, 0.05) is 13.2 Å². The van der Waals surface area contributed by atoms with Crippen molar-refractivity contribution in [3.05, 3.63) is 17.5 Å². The standard InChI is InChI=1S/C9H12ClN3O2/c1-3-15-8(14)6-13(2)7-4-5-11-9(10)12-7/h4-5H,3,6H2,1-2H3. The second kappa shape index (κ2) is 5.50. The maximum absolute atomic E-state index is 11.2. The molecule has 15 heavy (non-hydrogen) atoms. The summed E-state index contributed by atoms with van der Waals surface area (Å²) in [6.07, 6.45) is 1.53. The molecule has 1 aromatic heterocycles. The molecule has 0 spiro atoms. The van der Waals surface area contributed by atoms with Crippen LogP contribution >= 0.6 is 11.6 Å². The number of hydrogen-bond acceptors (Lipinski definition) is 5. The summed E-state index contributed by atoms with van der Waals surface area (Å²) in [6, 6.07) is 1.67. The van der Waals surface area contributed by atoms with Crippen molar-refractivity contribution >= 4 is 23.4 Å². The van der Waals surface area contributed by atoms with Crippen molar-refractivity contribution in [3.8, 4) is 0 Å². The molecule has 0 radical (unpaired) electrons. The Morgan fingerprint density at radius 1 is 1.67 bits per heavy atom. The van der Waals surface area contributed by atoms with E-state index in [0.29, 0.717) is 12.4 Å². The van der Waals surface area contributed by atoms with Crippen LogP contribution in [-0.2, 0) is 9.53 Å². The third-order valence-electron chi connectivity index (χ3n) is 1.67. The lowest BCUT2D eigenvalue weighted by molar-refractivity contribution is -0.141. The number of rotatable bonds is 4. The van der Waals surface area contributed by atoms with Crippen molar-refractivity contribution in [1.29, 1.82) is 0 Å². The van der Waals surface area contributed by atoms with Gasteiger partial charge in [0.2, 0.25) is 5.28 Å². The number of likely N-dealkylation sites (N-methyl/N-ethyl adjacent to an activating group) is 1. The van der Waals surface area contributed by atoms with E-state index in [4.69, 9.17) is 16.3 Å². The second-order valence-corrected chi connectivity index (χ2v) is 3.18. The van der Waals surface area contributed by atoms with Gasteiger partial charge in [-0.15, -0.1) is 0 Å². The molecule has 0 saturated heterocycles. The SMILES string of the molecule is CCOC(=O)CN(C)c1ccnc(Cl)n1. The summed E-state index contributed by atoms with van der Waals surface area (Å²) in [5.41, 5.74) is 0. The first-order chi connectivity index (χ1) is 7.13. The highest BCUT2D eigenvalue weighted by molar-refractivity contribution is 6.28. The molecule has 6 heteroatoms. The smallest absolute Gasteiger partial charge is 0.325 e. The Labute approximate surface area is 93.0 Å². The monoisotopic (exact) mass is 229 g/mol. The van der Waals surface area contributed by atoms with Crippen molar-refractivity contribution in [2.24, 2.45) is 0 Å². The minimum Gasteiger partial charge on any atom is -0.465 e. The van der Waals surface area contributed by atoms with Gasteiger partial charge in [-0.2, -0.15) is 0 Å². The minimum atomic E-state index is -0.297. The summed E-state index contributed by atoms with van der Waals surface area (Å²) < 4.78 is 4.81. The zero-order chi connectivity index (χ0) is 11.3. The molecule has 0 N–H and O–H groups in total. The number of nitrogens with zero attached hydrogens (tertiary/aromatic N) is 3. The van der Waals surface area contributed by atoms with E-state index < -0.39 is 0 Å².